The largest absolute Gasteiger partial charge is 0.497 e. The minimum Gasteiger partial charge on any atom is -0.497 e. The highest BCUT2D eigenvalue weighted by Gasteiger charge is 2.07. The standard InChI is InChI=1S/C22H21NO5S/c1-25-18-7-5-16(6-8-18)22-23-17(14-29-22)13-28-21(24)9-4-15-10-19(26-2)12-20(11-15)27-3/h4-12,14H,13H2,1-3H3/b9-4+. The van der Waals surface area contributed by atoms with Crippen molar-refractivity contribution in [2.45, 2.75) is 6.61 Å². The number of rotatable bonds is 8. The molecule has 0 radical (unpaired) electrons. The number of aromatic nitrogens is 1. The van der Waals surface area contributed by atoms with Gasteiger partial charge in [0, 0.05) is 23.1 Å². The van der Waals surface area contributed by atoms with Gasteiger partial charge in [-0.1, -0.05) is 0 Å². The molecule has 0 spiro atoms. The molecule has 0 bridgehead atoms. The van der Waals surface area contributed by atoms with E-state index in [9.17, 15) is 4.79 Å². The van der Waals surface area contributed by atoms with E-state index >= 15 is 0 Å². The minimum atomic E-state index is -0.453. The van der Waals surface area contributed by atoms with E-state index in [1.807, 2.05) is 29.6 Å². The number of thiazole rings is 1. The molecule has 7 heteroatoms. The van der Waals surface area contributed by atoms with Crippen LogP contribution in [0.5, 0.6) is 17.2 Å². The zero-order valence-electron chi connectivity index (χ0n) is 16.4. The second kappa shape index (κ2) is 9.75. The first-order valence-corrected chi connectivity index (χ1v) is 9.66. The summed E-state index contributed by atoms with van der Waals surface area (Å²) < 4.78 is 20.9. The molecule has 3 rings (SSSR count). The Morgan fingerprint density at radius 3 is 2.24 bits per heavy atom. The smallest absolute Gasteiger partial charge is 0.331 e. The summed E-state index contributed by atoms with van der Waals surface area (Å²) in [7, 11) is 4.78. The summed E-state index contributed by atoms with van der Waals surface area (Å²) in [5.41, 5.74) is 2.46. The van der Waals surface area contributed by atoms with Crippen molar-refractivity contribution in [3.05, 3.63) is 65.2 Å². The highest BCUT2D eigenvalue weighted by molar-refractivity contribution is 7.13. The lowest BCUT2D eigenvalue weighted by Gasteiger charge is -2.05. The van der Waals surface area contributed by atoms with Crippen LogP contribution in [0, 0.1) is 0 Å². The van der Waals surface area contributed by atoms with E-state index in [-0.39, 0.29) is 6.61 Å². The van der Waals surface area contributed by atoms with E-state index < -0.39 is 5.97 Å². The Morgan fingerprint density at radius 2 is 1.62 bits per heavy atom. The van der Waals surface area contributed by atoms with Gasteiger partial charge in [0.25, 0.3) is 0 Å². The van der Waals surface area contributed by atoms with Crippen LogP contribution < -0.4 is 14.2 Å². The van der Waals surface area contributed by atoms with Gasteiger partial charge in [0.15, 0.2) is 0 Å². The van der Waals surface area contributed by atoms with E-state index in [0.29, 0.717) is 17.2 Å². The molecule has 0 N–H and O–H groups in total. The summed E-state index contributed by atoms with van der Waals surface area (Å²) in [4.78, 5) is 16.6. The number of carbonyl (C=O) groups is 1. The SMILES string of the molecule is COc1ccc(-c2nc(COC(=O)/C=C/c3cc(OC)cc(OC)c3)cs2)cc1. The molecule has 0 saturated carbocycles. The Labute approximate surface area is 173 Å². The summed E-state index contributed by atoms with van der Waals surface area (Å²) in [5, 5.41) is 2.74. The number of methoxy groups -OCH3 is 3. The third-order valence-corrected chi connectivity index (χ3v) is 4.98. The van der Waals surface area contributed by atoms with Crippen molar-refractivity contribution in [3.63, 3.8) is 0 Å². The van der Waals surface area contributed by atoms with Crippen molar-refractivity contribution < 1.29 is 23.7 Å². The number of esters is 1. The highest BCUT2D eigenvalue weighted by Crippen LogP contribution is 2.26. The van der Waals surface area contributed by atoms with Gasteiger partial charge in [0.05, 0.1) is 27.0 Å². The first-order valence-electron chi connectivity index (χ1n) is 8.78. The van der Waals surface area contributed by atoms with E-state index in [0.717, 1.165) is 21.9 Å². The van der Waals surface area contributed by atoms with Gasteiger partial charge in [-0.2, -0.15) is 0 Å². The van der Waals surface area contributed by atoms with Gasteiger partial charge in [0.2, 0.25) is 0 Å². The fourth-order valence-electron chi connectivity index (χ4n) is 2.52. The van der Waals surface area contributed by atoms with Gasteiger partial charge in [0.1, 0.15) is 28.9 Å². The summed E-state index contributed by atoms with van der Waals surface area (Å²) >= 11 is 1.50. The van der Waals surface area contributed by atoms with E-state index in [1.165, 1.54) is 17.4 Å². The van der Waals surface area contributed by atoms with Gasteiger partial charge in [-0.3, -0.25) is 0 Å². The van der Waals surface area contributed by atoms with Crippen molar-refractivity contribution in [2.75, 3.05) is 21.3 Å². The highest BCUT2D eigenvalue weighted by atomic mass is 32.1. The second-order valence-corrected chi connectivity index (χ2v) is 6.82. The minimum absolute atomic E-state index is 0.108. The fraction of sp³-hybridized carbons (Fsp3) is 0.182. The number of nitrogens with zero attached hydrogens (tertiary/aromatic N) is 1. The molecule has 6 nitrogen and oxygen atoms in total. The summed E-state index contributed by atoms with van der Waals surface area (Å²) in [6.07, 6.45) is 3.02. The maximum absolute atomic E-state index is 12.0. The van der Waals surface area contributed by atoms with Gasteiger partial charge in [-0.25, -0.2) is 9.78 Å². The molecule has 1 aromatic heterocycles. The van der Waals surface area contributed by atoms with Gasteiger partial charge < -0.3 is 18.9 Å². The normalized spacial score (nSPS) is 10.7. The number of hydrogen-bond acceptors (Lipinski definition) is 7. The van der Waals surface area contributed by atoms with Crippen LogP contribution in [0.2, 0.25) is 0 Å². The molecule has 150 valence electrons. The fourth-order valence-corrected chi connectivity index (χ4v) is 3.33. The average Bonchev–Trinajstić information content (AvgIpc) is 3.25. The molecule has 0 aliphatic carbocycles. The predicted molar refractivity (Wildman–Crippen MR) is 112 cm³/mol. The van der Waals surface area contributed by atoms with Crippen LogP contribution in [0.15, 0.2) is 53.9 Å². The third kappa shape index (κ3) is 5.58. The lowest BCUT2D eigenvalue weighted by atomic mass is 10.2. The molecule has 0 saturated heterocycles. The first kappa shape index (κ1) is 20.4. The van der Waals surface area contributed by atoms with Crippen LogP contribution >= 0.6 is 11.3 Å². The molecule has 29 heavy (non-hydrogen) atoms. The van der Waals surface area contributed by atoms with Crippen LogP contribution in [0.4, 0.5) is 0 Å². The van der Waals surface area contributed by atoms with Crippen molar-refractivity contribution >= 4 is 23.4 Å². The Morgan fingerprint density at radius 1 is 0.966 bits per heavy atom. The monoisotopic (exact) mass is 411 g/mol. The molecule has 0 amide bonds. The Kier molecular flexibility index (Phi) is 6.86. The van der Waals surface area contributed by atoms with Crippen LogP contribution in [0.3, 0.4) is 0 Å². The van der Waals surface area contributed by atoms with Gasteiger partial charge >= 0.3 is 5.97 Å². The maximum atomic E-state index is 12.0. The lowest BCUT2D eigenvalue weighted by Crippen LogP contribution is -2.01. The molecule has 1 heterocycles. The number of carbonyl (C=O) groups excluding carboxylic acids is 1. The first-order chi connectivity index (χ1) is 14.1. The number of benzene rings is 2. The molecular formula is C22H21NO5S. The van der Waals surface area contributed by atoms with Crippen LogP contribution in [0.1, 0.15) is 11.3 Å². The number of ether oxygens (including phenoxy) is 4. The average molecular weight is 411 g/mol. The molecule has 2 aromatic carbocycles. The number of hydrogen-bond donors (Lipinski definition) is 0. The van der Waals surface area contributed by atoms with Gasteiger partial charge in [-0.15, -0.1) is 11.3 Å². The van der Waals surface area contributed by atoms with Crippen LogP contribution in [-0.4, -0.2) is 32.3 Å². The van der Waals surface area contributed by atoms with E-state index in [1.54, 1.807) is 45.6 Å². The van der Waals surface area contributed by atoms with Gasteiger partial charge in [-0.05, 0) is 48.0 Å². The molecular weight excluding hydrogens is 390 g/mol. The van der Waals surface area contributed by atoms with E-state index in [2.05, 4.69) is 4.98 Å². The van der Waals surface area contributed by atoms with Crippen molar-refractivity contribution in [1.82, 2.24) is 4.98 Å². The molecule has 3 aromatic rings. The Balaban J connectivity index is 1.58. The van der Waals surface area contributed by atoms with E-state index in [4.69, 9.17) is 18.9 Å². The van der Waals surface area contributed by atoms with Crippen LogP contribution in [0.25, 0.3) is 16.6 Å². The molecule has 0 atom stereocenters. The van der Waals surface area contributed by atoms with Crippen molar-refractivity contribution in [2.24, 2.45) is 0 Å². The quantitative estimate of drug-likeness (QED) is 0.399. The van der Waals surface area contributed by atoms with Crippen molar-refractivity contribution in [1.29, 1.82) is 0 Å². The zero-order chi connectivity index (χ0) is 20.6. The summed E-state index contributed by atoms with van der Waals surface area (Å²) in [5.74, 6) is 1.63. The Hall–Kier alpha value is -3.32. The van der Waals surface area contributed by atoms with Crippen molar-refractivity contribution in [3.8, 4) is 27.8 Å². The summed E-state index contributed by atoms with van der Waals surface area (Å²) in [6.45, 7) is 0.108. The summed E-state index contributed by atoms with van der Waals surface area (Å²) in [6, 6.07) is 13.0. The molecule has 0 aliphatic rings. The maximum Gasteiger partial charge on any atom is 0.331 e. The topological polar surface area (TPSA) is 66.9 Å². The predicted octanol–water partition coefficient (Wildman–Crippen LogP) is 4.59. The Bertz CT molecular complexity index is 972. The molecule has 0 aliphatic heterocycles. The second-order valence-electron chi connectivity index (χ2n) is 5.96. The molecule has 0 fully saturated rings. The lowest BCUT2D eigenvalue weighted by molar-refractivity contribution is -0.139. The van der Waals surface area contributed by atoms with Crippen LogP contribution in [-0.2, 0) is 16.1 Å². The molecule has 0 unspecified atom stereocenters. The third-order valence-electron chi connectivity index (χ3n) is 4.04. The zero-order valence-corrected chi connectivity index (χ0v) is 17.2.